The standard InChI is InChI=1S/C42H64N6O10/c1-12-32-42(8)36-26(4)33(47(53)23-45(48(36)40(52)58-42)18-15-19-46-30-17-14-13-16-29(30)22-43-46)24(2)21-41(7,54-11)37(27(5)34(49)28(6)38(51)56-32)57-39-35(50)31(44(9)10)20-25(3)55-39/h13-14,16-17,22,24-28,31-32,35-37,39,50H,12,15,18-21,23H2,1-11H3/t24-,25-,26-,27+,28-,31+,32+,35-,36-,37-,39+,41+,42-/m1/s1. The molecular formula is C42H64N6O10. The molecule has 322 valence electrons. The van der Waals surface area contributed by atoms with Gasteiger partial charge in [0.1, 0.15) is 24.2 Å². The predicted octanol–water partition coefficient (Wildman–Crippen LogP) is 4.20. The summed E-state index contributed by atoms with van der Waals surface area (Å²) in [7, 11) is 5.29. The molecule has 0 saturated carbocycles. The largest absolute Gasteiger partial charge is 0.623 e. The minimum absolute atomic E-state index is 0.163. The van der Waals surface area contributed by atoms with Crippen molar-refractivity contribution in [2.45, 2.75) is 142 Å². The Bertz CT molecular complexity index is 1850. The summed E-state index contributed by atoms with van der Waals surface area (Å²) in [5.41, 5.74) is -1.15. The Labute approximate surface area is 341 Å². The highest BCUT2D eigenvalue weighted by Gasteiger charge is 2.63. The number of hydrazine groups is 1. The summed E-state index contributed by atoms with van der Waals surface area (Å²) in [4.78, 5) is 44.5. The van der Waals surface area contributed by atoms with Gasteiger partial charge in [0.2, 0.25) is 6.67 Å². The number of aliphatic hydroxyl groups excluding tert-OH is 1. The molecule has 5 heterocycles. The maximum absolute atomic E-state index is 14.7. The second kappa shape index (κ2) is 17.1. The number of cyclic esters (lactones) is 1. The number of ketones is 1. The van der Waals surface area contributed by atoms with E-state index in [1.54, 1.807) is 23.9 Å². The van der Waals surface area contributed by atoms with E-state index >= 15 is 0 Å². The molecule has 4 aliphatic heterocycles. The number of nitrogens with zero attached hydrogens (tertiary/aromatic N) is 6. The van der Waals surface area contributed by atoms with Gasteiger partial charge in [-0.3, -0.25) is 14.3 Å². The number of hydroxylamine groups is 1. The predicted molar refractivity (Wildman–Crippen MR) is 214 cm³/mol. The number of aromatic nitrogens is 2. The lowest BCUT2D eigenvalue weighted by Gasteiger charge is -2.47. The molecule has 13 atom stereocenters. The molecule has 3 fully saturated rings. The van der Waals surface area contributed by atoms with E-state index in [-0.39, 0.29) is 31.7 Å². The summed E-state index contributed by atoms with van der Waals surface area (Å²) >= 11 is 0. The van der Waals surface area contributed by atoms with Gasteiger partial charge >= 0.3 is 12.1 Å². The van der Waals surface area contributed by atoms with Crippen LogP contribution in [0.15, 0.2) is 30.5 Å². The zero-order valence-corrected chi connectivity index (χ0v) is 36.0. The molecule has 4 aliphatic rings. The van der Waals surface area contributed by atoms with Crippen LogP contribution < -0.4 is 0 Å². The lowest BCUT2D eigenvalue weighted by molar-refractivity contribution is -0.494. The van der Waals surface area contributed by atoms with Crippen molar-refractivity contribution in [3.63, 3.8) is 0 Å². The number of carbonyl (C=O) groups excluding carboxylic acids is 3. The minimum Gasteiger partial charge on any atom is -0.623 e. The molecule has 1 aromatic carbocycles. The molecule has 6 rings (SSSR count). The number of esters is 1. The van der Waals surface area contributed by atoms with Crippen LogP contribution in [0.25, 0.3) is 10.9 Å². The fourth-order valence-electron chi connectivity index (χ4n) is 10.2. The second-order valence-electron chi connectivity index (χ2n) is 17.6. The number of para-hydroxylation sites is 1. The Morgan fingerprint density at radius 3 is 2.45 bits per heavy atom. The first-order chi connectivity index (χ1) is 27.4. The van der Waals surface area contributed by atoms with Crippen LogP contribution in [-0.2, 0) is 39.8 Å². The van der Waals surface area contributed by atoms with E-state index in [0.29, 0.717) is 31.6 Å². The maximum Gasteiger partial charge on any atom is 0.425 e. The number of ether oxygens (including phenoxy) is 5. The van der Waals surface area contributed by atoms with Crippen LogP contribution in [0.3, 0.4) is 0 Å². The highest BCUT2D eigenvalue weighted by Crippen LogP contribution is 2.44. The van der Waals surface area contributed by atoms with Gasteiger partial charge in [0.05, 0.1) is 35.4 Å². The van der Waals surface area contributed by atoms with Gasteiger partial charge in [-0.2, -0.15) is 14.8 Å². The van der Waals surface area contributed by atoms with Crippen LogP contribution in [0, 0.1) is 28.9 Å². The number of hydrogen-bond acceptors (Lipinski definition) is 13. The number of likely N-dealkylation sites (N-methyl/N-ethyl adjacent to an activating group) is 1. The van der Waals surface area contributed by atoms with E-state index < -0.39 is 83.4 Å². The van der Waals surface area contributed by atoms with Gasteiger partial charge in [-0.25, -0.2) is 9.80 Å². The summed E-state index contributed by atoms with van der Waals surface area (Å²) in [6.07, 6.45) is -1.63. The summed E-state index contributed by atoms with van der Waals surface area (Å²) in [5, 5.41) is 35.1. The summed E-state index contributed by atoms with van der Waals surface area (Å²) in [6, 6.07) is 6.89. The number of aryl methyl sites for hydroxylation is 1. The summed E-state index contributed by atoms with van der Waals surface area (Å²) in [6.45, 7) is 15.1. The van der Waals surface area contributed by atoms with E-state index in [1.807, 2.05) is 88.8 Å². The lowest BCUT2D eigenvalue weighted by Crippen LogP contribution is -2.61. The Morgan fingerprint density at radius 2 is 1.78 bits per heavy atom. The highest BCUT2D eigenvalue weighted by molar-refractivity contribution is 6.00. The van der Waals surface area contributed by atoms with Gasteiger partial charge in [0, 0.05) is 43.5 Å². The first kappa shape index (κ1) is 43.9. The lowest BCUT2D eigenvalue weighted by atomic mass is 9.73. The van der Waals surface area contributed by atoms with Gasteiger partial charge in [0.25, 0.3) is 0 Å². The Kier molecular flexibility index (Phi) is 13.0. The molecule has 0 spiro atoms. The molecule has 0 aliphatic carbocycles. The van der Waals surface area contributed by atoms with Gasteiger partial charge < -0.3 is 38.9 Å². The first-order valence-electron chi connectivity index (χ1n) is 20.8. The van der Waals surface area contributed by atoms with Crippen LogP contribution in [0.5, 0.6) is 0 Å². The number of hydrogen-bond donors (Lipinski definition) is 1. The van der Waals surface area contributed by atoms with Crippen LogP contribution in [-0.4, -0.2) is 147 Å². The molecular weight excluding hydrogens is 748 g/mol. The van der Waals surface area contributed by atoms with Crippen LogP contribution in [0.2, 0.25) is 0 Å². The van der Waals surface area contributed by atoms with E-state index in [2.05, 4.69) is 5.10 Å². The number of benzene rings is 1. The second-order valence-corrected chi connectivity index (χ2v) is 17.6. The fraction of sp³-hybridized carbons (Fsp3) is 0.738. The van der Waals surface area contributed by atoms with Crippen molar-refractivity contribution in [2.24, 2.45) is 23.7 Å². The molecule has 2 bridgehead atoms. The first-order valence-corrected chi connectivity index (χ1v) is 20.8. The summed E-state index contributed by atoms with van der Waals surface area (Å²) in [5.74, 6) is -4.44. The van der Waals surface area contributed by atoms with Crippen molar-refractivity contribution in [1.29, 1.82) is 0 Å². The zero-order valence-electron chi connectivity index (χ0n) is 36.0. The number of amides is 1. The van der Waals surface area contributed by atoms with Crippen LogP contribution in [0.4, 0.5) is 4.79 Å². The summed E-state index contributed by atoms with van der Waals surface area (Å²) < 4.78 is 34.5. The van der Waals surface area contributed by atoms with E-state index in [4.69, 9.17) is 23.7 Å². The van der Waals surface area contributed by atoms with Crippen molar-refractivity contribution in [3.05, 3.63) is 35.7 Å². The smallest absolute Gasteiger partial charge is 0.425 e. The fourth-order valence-corrected chi connectivity index (χ4v) is 10.2. The van der Waals surface area contributed by atoms with Gasteiger partial charge in [-0.1, -0.05) is 45.9 Å². The van der Waals surface area contributed by atoms with E-state index in [9.17, 15) is 24.7 Å². The quantitative estimate of drug-likeness (QED) is 0.166. The molecule has 58 heavy (non-hydrogen) atoms. The molecule has 3 saturated heterocycles. The van der Waals surface area contributed by atoms with Crippen LogP contribution >= 0.6 is 0 Å². The molecule has 16 heteroatoms. The molecule has 1 aromatic heterocycles. The van der Waals surface area contributed by atoms with Crippen molar-refractivity contribution in [1.82, 2.24) is 24.7 Å². The molecule has 1 amide bonds. The zero-order chi connectivity index (χ0) is 42.4. The number of carbonyl (C=O) groups is 3. The monoisotopic (exact) mass is 812 g/mol. The van der Waals surface area contributed by atoms with Gasteiger partial charge in [0.15, 0.2) is 23.4 Å². The maximum atomic E-state index is 14.7. The van der Waals surface area contributed by atoms with Crippen LogP contribution in [0.1, 0.15) is 81.1 Å². The van der Waals surface area contributed by atoms with Crippen molar-refractivity contribution in [2.75, 3.05) is 34.4 Å². The molecule has 16 nitrogen and oxygen atoms in total. The molecule has 0 radical (unpaired) electrons. The average molecular weight is 813 g/mol. The molecule has 1 N–H and O–H groups in total. The number of methoxy groups -OCH3 is 1. The average Bonchev–Trinajstić information content (AvgIpc) is 3.68. The Balaban J connectivity index is 1.41. The Morgan fingerprint density at radius 1 is 1.07 bits per heavy atom. The normalized spacial score (nSPS) is 38.2. The van der Waals surface area contributed by atoms with Crippen molar-refractivity contribution in [3.8, 4) is 0 Å². The minimum atomic E-state index is -1.39. The number of rotatable bonds is 9. The van der Waals surface area contributed by atoms with Crippen molar-refractivity contribution < 1.29 is 47.9 Å². The SMILES string of the molecule is CC[C@@H]1OC(=O)[C@H](C)C(=O)[C@H](C)[C@@H](O[C@@H]2O[C@H](C)C[C@H](N(C)C)[C@H]2O)[C@@](C)(OC)C[C@@H](C)C2=[N+]([O-])CN(CCCn3ncc4ccccc43)N3C(=O)O[C@@]1(C)[C@H]3[C@@H]2C. The topological polar surface area (TPSA) is 171 Å². The highest BCUT2D eigenvalue weighted by atomic mass is 16.7. The Hall–Kier alpha value is -3.67. The van der Waals surface area contributed by atoms with Gasteiger partial charge in [-0.05, 0) is 73.5 Å². The molecule has 0 unspecified atom stereocenters. The number of Topliss-reactive ketones (excluding diaryl/α,β-unsaturated/α-hetero) is 1. The number of fused-ring (bicyclic) bond motifs is 2. The van der Waals surface area contributed by atoms with Gasteiger partial charge in [-0.15, -0.1) is 0 Å². The number of aliphatic hydroxyl groups is 1. The van der Waals surface area contributed by atoms with Crippen molar-refractivity contribution >= 4 is 34.5 Å². The third-order valence-electron chi connectivity index (χ3n) is 13.3. The third-order valence-corrected chi connectivity index (χ3v) is 13.3. The van der Waals surface area contributed by atoms with E-state index in [1.165, 1.54) is 14.0 Å². The molecule has 2 aromatic rings. The third kappa shape index (κ3) is 7.99. The van der Waals surface area contributed by atoms with E-state index in [0.717, 1.165) is 15.6 Å².